The Balaban J connectivity index is 0.00000264. The Morgan fingerprint density at radius 1 is 1.43 bits per heavy atom. The first-order valence-corrected chi connectivity index (χ1v) is 9.02. The lowest BCUT2D eigenvalue weighted by molar-refractivity contribution is 0.167. The molecule has 23 heavy (non-hydrogen) atoms. The Labute approximate surface area is 161 Å². The van der Waals surface area contributed by atoms with Crippen LogP contribution in [0, 0.1) is 6.92 Å². The molecule has 0 amide bonds. The largest absolute Gasteiger partial charge is 0.356 e. The van der Waals surface area contributed by atoms with E-state index in [2.05, 4.69) is 46.3 Å². The Morgan fingerprint density at radius 3 is 2.65 bits per heavy atom. The second-order valence-electron chi connectivity index (χ2n) is 6.16. The summed E-state index contributed by atoms with van der Waals surface area (Å²) in [4.78, 5) is 12.5. The van der Waals surface area contributed by atoms with Crippen LogP contribution in [0.15, 0.2) is 11.2 Å². The number of thiazole rings is 1. The molecule has 0 unspecified atom stereocenters. The van der Waals surface area contributed by atoms with E-state index in [1.54, 1.807) is 11.3 Å². The molecule has 0 spiro atoms. The van der Waals surface area contributed by atoms with Gasteiger partial charge in [-0.3, -0.25) is 4.99 Å². The normalized spacial score (nSPS) is 17.2. The van der Waals surface area contributed by atoms with Crippen LogP contribution in [0.25, 0.3) is 0 Å². The lowest BCUT2D eigenvalue weighted by Crippen LogP contribution is -2.50. The minimum atomic E-state index is 0. The predicted molar refractivity (Wildman–Crippen MR) is 110 cm³/mol. The second kappa shape index (κ2) is 10.5. The molecule has 2 N–H and O–H groups in total. The van der Waals surface area contributed by atoms with Crippen molar-refractivity contribution < 1.29 is 0 Å². The summed E-state index contributed by atoms with van der Waals surface area (Å²) in [5.74, 6) is 0.913. The number of hydrogen-bond donors (Lipinski definition) is 2. The SMILES string of the molecule is CN=C(NCCc1ncc(C)s1)NC1CCN(C(C)C)CC1.I. The number of likely N-dealkylation sites (tertiary alicyclic amines) is 1. The zero-order valence-electron chi connectivity index (χ0n) is 14.6. The first-order valence-electron chi connectivity index (χ1n) is 8.21. The summed E-state index contributed by atoms with van der Waals surface area (Å²) in [7, 11) is 1.84. The zero-order valence-corrected chi connectivity index (χ0v) is 17.8. The van der Waals surface area contributed by atoms with Crippen LogP contribution in [0.4, 0.5) is 0 Å². The number of nitrogens with zero attached hydrogens (tertiary/aromatic N) is 3. The monoisotopic (exact) mass is 451 g/mol. The van der Waals surface area contributed by atoms with Gasteiger partial charge in [0.15, 0.2) is 5.96 Å². The lowest BCUT2D eigenvalue weighted by atomic mass is 10.0. The molecule has 2 rings (SSSR count). The van der Waals surface area contributed by atoms with Gasteiger partial charge in [0.25, 0.3) is 0 Å². The highest BCUT2D eigenvalue weighted by molar-refractivity contribution is 14.0. The molecule has 0 bridgehead atoms. The molecule has 1 aliphatic heterocycles. The lowest BCUT2D eigenvalue weighted by Gasteiger charge is -2.35. The van der Waals surface area contributed by atoms with E-state index in [-0.39, 0.29) is 24.0 Å². The number of guanidine groups is 1. The van der Waals surface area contributed by atoms with Crippen molar-refractivity contribution >= 4 is 41.3 Å². The third-order valence-electron chi connectivity index (χ3n) is 4.12. The first kappa shape index (κ1) is 20.6. The van der Waals surface area contributed by atoms with Crippen LogP contribution in [0.3, 0.4) is 0 Å². The average molecular weight is 451 g/mol. The molecular weight excluding hydrogens is 421 g/mol. The van der Waals surface area contributed by atoms with Crippen LogP contribution in [0.2, 0.25) is 0 Å². The van der Waals surface area contributed by atoms with Gasteiger partial charge in [-0.25, -0.2) is 4.98 Å². The van der Waals surface area contributed by atoms with E-state index < -0.39 is 0 Å². The summed E-state index contributed by atoms with van der Waals surface area (Å²) >= 11 is 1.77. The summed E-state index contributed by atoms with van der Waals surface area (Å²) < 4.78 is 0. The zero-order chi connectivity index (χ0) is 15.9. The minimum Gasteiger partial charge on any atom is -0.356 e. The molecule has 0 radical (unpaired) electrons. The maximum absolute atomic E-state index is 4.39. The number of hydrogen-bond acceptors (Lipinski definition) is 4. The van der Waals surface area contributed by atoms with E-state index in [9.17, 15) is 0 Å². The van der Waals surface area contributed by atoms with Gasteiger partial charge in [0, 0.05) is 56.3 Å². The van der Waals surface area contributed by atoms with Gasteiger partial charge >= 0.3 is 0 Å². The molecule has 1 saturated heterocycles. The third-order valence-corrected chi connectivity index (χ3v) is 5.10. The summed E-state index contributed by atoms with van der Waals surface area (Å²) in [6, 6.07) is 1.18. The highest BCUT2D eigenvalue weighted by Crippen LogP contribution is 2.13. The third kappa shape index (κ3) is 6.93. The van der Waals surface area contributed by atoms with Crippen molar-refractivity contribution in [3.05, 3.63) is 16.1 Å². The topological polar surface area (TPSA) is 52.6 Å². The van der Waals surface area contributed by atoms with Gasteiger partial charge in [-0.1, -0.05) is 0 Å². The average Bonchev–Trinajstić information content (AvgIpc) is 2.92. The molecule has 0 aromatic carbocycles. The van der Waals surface area contributed by atoms with E-state index >= 15 is 0 Å². The van der Waals surface area contributed by atoms with Gasteiger partial charge in [0.1, 0.15) is 0 Å². The summed E-state index contributed by atoms with van der Waals surface area (Å²) in [6.45, 7) is 9.86. The van der Waals surface area contributed by atoms with Crippen LogP contribution in [-0.4, -0.2) is 54.6 Å². The molecule has 1 aromatic heterocycles. The standard InChI is InChI=1S/C16H29N5S.HI/c1-12(2)21-9-6-14(7-10-21)20-16(17-4)18-8-5-15-19-11-13(3)22-15;/h11-12,14H,5-10H2,1-4H3,(H2,17,18,20);1H. The van der Waals surface area contributed by atoms with Gasteiger partial charge in [-0.15, -0.1) is 35.3 Å². The maximum atomic E-state index is 4.39. The molecule has 0 saturated carbocycles. The molecule has 1 aromatic rings. The quantitative estimate of drug-likeness (QED) is 0.411. The van der Waals surface area contributed by atoms with E-state index in [4.69, 9.17) is 0 Å². The molecule has 0 atom stereocenters. The van der Waals surface area contributed by atoms with Crippen molar-refractivity contribution in [1.82, 2.24) is 20.5 Å². The Morgan fingerprint density at radius 2 is 2.13 bits per heavy atom. The van der Waals surface area contributed by atoms with E-state index in [0.717, 1.165) is 18.9 Å². The summed E-state index contributed by atoms with van der Waals surface area (Å²) in [5.41, 5.74) is 0. The van der Waals surface area contributed by atoms with Crippen molar-refractivity contribution in [2.45, 2.75) is 52.1 Å². The van der Waals surface area contributed by atoms with Crippen molar-refractivity contribution in [3.63, 3.8) is 0 Å². The molecule has 2 heterocycles. The number of aryl methyl sites for hydroxylation is 1. The highest BCUT2D eigenvalue weighted by Gasteiger charge is 2.21. The Kier molecular flexibility index (Phi) is 9.38. The van der Waals surface area contributed by atoms with Gasteiger partial charge in [0.05, 0.1) is 5.01 Å². The van der Waals surface area contributed by atoms with Gasteiger partial charge in [-0.2, -0.15) is 0 Å². The fraction of sp³-hybridized carbons (Fsp3) is 0.750. The summed E-state index contributed by atoms with van der Waals surface area (Å²) in [5, 5.41) is 8.14. The molecule has 5 nitrogen and oxygen atoms in total. The molecule has 7 heteroatoms. The van der Waals surface area contributed by atoms with E-state index in [0.29, 0.717) is 12.1 Å². The van der Waals surface area contributed by atoms with Crippen LogP contribution >= 0.6 is 35.3 Å². The molecular formula is C16H30IN5S. The van der Waals surface area contributed by atoms with Gasteiger partial charge in [0.2, 0.25) is 0 Å². The summed E-state index contributed by atoms with van der Waals surface area (Å²) in [6.07, 6.45) is 5.26. The van der Waals surface area contributed by atoms with Gasteiger partial charge in [-0.05, 0) is 33.6 Å². The number of rotatable bonds is 5. The smallest absolute Gasteiger partial charge is 0.191 e. The molecule has 0 aliphatic carbocycles. The Hall–Kier alpha value is -0.410. The second-order valence-corrected chi connectivity index (χ2v) is 7.48. The molecule has 132 valence electrons. The van der Waals surface area contributed by atoms with Crippen LogP contribution in [0.1, 0.15) is 36.6 Å². The number of piperidine rings is 1. The van der Waals surface area contributed by atoms with Crippen molar-refractivity contribution in [1.29, 1.82) is 0 Å². The van der Waals surface area contributed by atoms with Gasteiger partial charge < -0.3 is 15.5 Å². The number of aliphatic imine (C=N–C) groups is 1. The molecule has 1 fully saturated rings. The van der Waals surface area contributed by atoms with Crippen LogP contribution in [-0.2, 0) is 6.42 Å². The molecule has 1 aliphatic rings. The van der Waals surface area contributed by atoms with Crippen LogP contribution in [0.5, 0.6) is 0 Å². The van der Waals surface area contributed by atoms with Crippen LogP contribution < -0.4 is 10.6 Å². The van der Waals surface area contributed by atoms with Crippen molar-refractivity contribution in [2.24, 2.45) is 4.99 Å². The predicted octanol–water partition coefficient (Wildman–Crippen LogP) is 2.65. The van der Waals surface area contributed by atoms with E-state index in [1.807, 2.05) is 13.2 Å². The number of halogens is 1. The van der Waals surface area contributed by atoms with Crippen molar-refractivity contribution in [3.8, 4) is 0 Å². The fourth-order valence-electron chi connectivity index (χ4n) is 2.75. The maximum Gasteiger partial charge on any atom is 0.191 e. The van der Waals surface area contributed by atoms with Crippen molar-refractivity contribution in [2.75, 3.05) is 26.7 Å². The number of nitrogens with one attached hydrogen (secondary N) is 2. The fourth-order valence-corrected chi connectivity index (χ4v) is 3.54. The first-order chi connectivity index (χ1) is 10.6. The van der Waals surface area contributed by atoms with E-state index in [1.165, 1.54) is 35.8 Å². The highest BCUT2D eigenvalue weighted by atomic mass is 127. The minimum absolute atomic E-state index is 0. The Bertz CT molecular complexity index is 481. The number of aromatic nitrogens is 1.